The van der Waals surface area contributed by atoms with Gasteiger partial charge >= 0.3 is 0 Å². The van der Waals surface area contributed by atoms with Gasteiger partial charge in [0, 0.05) is 6.04 Å². The number of nitrogens with two attached hydrogens (primary N) is 1. The molecule has 0 aromatic heterocycles. The van der Waals surface area contributed by atoms with Gasteiger partial charge in [0.2, 0.25) is 0 Å². The smallest absolute Gasteiger partial charge is 0.0249 e. The van der Waals surface area contributed by atoms with E-state index in [-0.39, 0.29) is 6.04 Å². The highest BCUT2D eigenvalue weighted by atomic mass is 14.6. The van der Waals surface area contributed by atoms with Crippen LogP contribution < -0.4 is 5.73 Å². The first-order chi connectivity index (χ1) is 6.07. The quantitative estimate of drug-likeness (QED) is 0.494. The van der Waals surface area contributed by atoms with Crippen molar-refractivity contribution < 1.29 is 0 Å². The molecule has 1 nitrogen and oxygen atoms in total. The molecule has 1 unspecified atom stereocenters. The van der Waals surface area contributed by atoms with Crippen molar-refractivity contribution in [3.8, 4) is 0 Å². The number of hydrogen-bond acceptors (Lipinski definition) is 1. The molecule has 0 fully saturated rings. The molecule has 0 aliphatic carbocycles. The second kappa shape index (κ2) is 6.90. The Hall–Kier alpha value is -0.560. The zero-order valence-electron chi connectivity index (χ0n) is 9.22. The molecular formula is C12H23N. The van der Waals surface area contributed by atoms with E-state index in [0.717, 1.165) is 12.8 Å². The molecule has 0 aliphatic rings. The summed E-state index contributed by atoms with van der Waals surface area (Å²) in [7, 11) is 0. The second-order valence-corrected chi connectivity index (χ2v) is 4.02. The van der Waals surface area contributed by atoms with Crippen molar-refractivity contribution in [1.29, 1.82) is 0 Å². The van der Waals surface area contributed by atoms with Gasteiger partial charge in [0.05, 0.1) is 0 Å². The van der Waals surface area contributed by atoms with E-state index in [1.807, 2.05) is 6.08 Å². The second-order valence-electron chi connectivity index (χ2n) is 4.02. The number of unbranched alkanes of at least 4 members (excludes halogenated alkanes) is 1. The Morgan fingerprint density at radius 1 is 1.46 bits per heavy atom. The molecule has 1 heteroatoms. The SMILES string of the molecule is C=CCCC/C(C)=C\C(N)C(C)C. The van der Waals surface area contributed by atoms with Gasteiger partial charge < -0.3 is 5.73 Å². The minimum Gasteiger partial charge on any atom is -0.324 e. The minimum atomic E-state index is 0.212. The lowest BCUT2D eigenvalue weighted by Gasteiger charge is -2.12. The summed E-state index contributed by atoms with van der Waals surface area (Å²) >= 11 is 0. The summed E-state index contributed by atoms with van der Waals surface area (Å²) in [6.45, 7) is 10.2. The Morgan fingerprint density at radius 2 is 2.08 bits per heavy atom. The summed E-state index contributed by atoms with van der Waals surface area (Å²) in [4.78, 5) is 0. The largest absolute Gasteiger partial charge is 0.324 e. The zero-order valence-corrected chi connectivity index (χ0v) is 9.22. The van der Waals surface area contributed by atoms with Crippen LogP contribution in [0.25, 0.3) is 0 Å². The van der Waals surface area contributed by atoms with Crippen molar-refractivity contribution in [3.05, 3.63) is 24.3 Å². The molecule has 76 valence electrons. The molecule has 0 radical (unpaired) electrons. The third-order valence-electron chi connectivity index (χ3n) is 2.23. The van der Waals surface area contributed by atoms with Crippen LogP contribution in [0.2, 0.25) is 0 Å². The summed E-state index contributed by atoms with van der Waals surface area (Å²) in [6, 6.07) is 0.212. The normalized spacial score (nSPS) is 14.7. The molecule has 0 bridgehead atoms. The summed E-state index contributed by atoms with van der Waals surface area (Å²) < 4.78 is 0. The maximum absolute atomic E-state index is 5.93. The lowest BCUT2D eigenvalue weighted by Crippen LogP contribution is -2.23. The molecule has 0 spiro atoms. The van der Waals surface area contributed by atoms with Crippen molar-refractivity contribution >= 4 is 0 Å². The van der Waals surface area contributed by atoms with Gasteiger partial charge in [-0.15, -0.1) is 6.58 Å². The zero-order chi connectivity index (χ0) is 10.3. The predicted molar refractivity (Wildman–Crippen MR) is 60.6 cm³/mol. The fourth-order valence-electron chi connectivity index (χ4n) is 1.13. The molecule has 0 aliphatic heterocycles. The van der Waals surface area contributed by atoms with E-state index >= 15 is 0 Å². The molecule has 0 saturated carbocycles. The van der Waals surface area contributed by atoms with Crippen molar-refractivity contribution in [2.45, 2.75) is 46.1 Å². The number of rotatable bonds is 6. The van der Waals surface area contributed by atoms with Gasteiger partial charge in [0.15, 0.2) is 0 Å². The first-order valence-corrected chi connectivity index (χ1v) is 5.11. The minimum absolute atomic E-state index is 0.212. The van der Waals surface area contributed by atoms with Crippen LogP contribution in [0.15, 0.2) is 24.3 Å². The first kappa shape index (κ1) is 12.4. The van der Waals surface area contributed by atoms with E-state index in [0.29, 0.717) is 5.92 Å². The molecule has 0 aromatic rings. The standard InChI is InChI=1S/C12H23N/c1-5-6-7-8-11(4)9-12(13)10(2)3/h5,9-10,12H,1,6-8,13H2,2-4H3/b11-9-. The van der Waals surface area contributed by atoms with E-state index in [1.54, 1.807) is 0 Å². The van der Waals surface area contributed by atoms with Crippen LogP contribution in [0.4, 0.5) is 0 Å². The Bertz CT molecular complexity index is 168. The highest BCUT2D eigenvalue weighted by molar-refractivity contribution is 5.04. The van der Waals surface area contributed by atoms with Gasteiger partial charge in [-0.1, -0.05) is 31.6 Å². The molecule has 0 heterocycles. The predicted octanol–water partition coefficient (Wildman–Crippen LogP) is 3.27. The van der Waals surface area contributed by atoms with Gasteiger partial charge in [-0.3, -0.25) is 0 Å². The number of allylic oxidation sites excluding steroid dienone is 2. The molecular weight excluding hydrogens is 158 g/mol. The van der Waals surface area contributed by atoms with E-state index in [4.69, 9.17) is 5.73 Å². The van der Waals surface area contributed by atoms with Crippen molar-refractivity contribution in [2.75, 3.05) is 0 Å². The highest BCUT2D eigenvalue weighted by Gasteiger charge is 2.03. The van der Waals surface area contributed by atoms with Crippen LogP contribution in [0.3, 0.4) is 0 Å². The van der Waals surface area contributed by atoms with E-state index in [1.165, 1.54) is 12.0 Å². The van der Waals surface area contributed by atoms with Crippen molar-refractivity contribution in [3.63, 3.8) is 0 Å². The first-order valence-electron chi connectivity index (χ1n) is 5.11. The van der Waals surface area contributed by atoms with Crippen LogP contribution >= 0.6 is 0 Å². The fourth-order valence-corrected chi connectivity index (χ4v) is 1.13. The maximum Gasteiger partial charge on any atom is 0.0249 e. The van der Waals surface area contributed by atoms with Crippen LogP contribution in [0.1, 0.15) is 40.0 Å². The van der Waals surface area contributed by atoms with Crippen LogP contribution in [-0.2, 0) is 0 Å². The number of hydrogen-bond donors (Lipinski definition) is 1. The van der Waals surface area contributed by atoms with Gasteiger partial charge in [0.25, 0.3) is 0 Å². The third kappa shape index (κ3) is 6.59. The van der Waals surface area contributed by atoms with Crippen LogP contribution in [0, 0.1) is 5.92 Å². The van der Waals surface area contributed by atoms with E-state index < -0.39 is 0 Å². The Labute approximate surface area is 82.7 Å². The van der Waals surface area contributed by atoms with E-state index in [2.05, 4.69) is 33.4 Å². The van der Waals surface area contributed by atoms with Crippen molar-refractivity contribution in [1.82, 2.24) is 0 Å². The summed E-state index contributed by atoms with van der Waals surface area (Å²) in [5, 5.41) is 0. The molecule has 2 N–H and O–H groups in total. The van der Waals surface area contributed by atoms with Gasteiger partial charge in [-0.05, 0) is 32.1 Å². The van der Waals surface area contributed by atoms with Gasteiger partial charge in [-0.25, -0.2) is 0 Å². The maximum atomic E-state index is 5.93. The molecule has 13 heavy (non-hydrogen) atoms. The Kier molecular flexibility index (Phi) is 6.61. The summed E-state index contributed by atoms with van der Waals surface area (Å²) in [5.74, 6) is 0.536. The van der Waals surface area contributed by atoms with Crippen LogP contribution in [0.5, 0.6) is 0 Å². The lowest BCUT2D eigenvalue weighted by molar-refractivity contribution is 0.566. The topological polar surface area (TPSA) is 26.0 Å². The third-order valence-corrected chi connectivity index (χ3v) is 2.23. The molecule has 1 atom stereocenters. The lowest BCUT2D eigenvalue weighted by atomic mass is 10.0. The molecule has 0 aromatic carbocycles. The van der Waals surface area contributed by atoms with Crippen molar-refractivity contribution in [2.24, 2.45) is 11.7 Å². The monoisotopic (exact) mass is 181 g/mol. The van der Waals surface area contributed by atoms with Gasteiger partial charge in [-0.2, -0.15) is 0 Å². The summed E-state index contributed by atoms with van der Waals surface area (Å²) in [5.41, 5.74) is 7.33. The Balaban J connectivity index is 3.79. The highest BCUT2D eigenvalue weighted by Crippen LogP contribution is 2.10. The Morgan fingerprint density at radius 3 is 2.54 bits per heavy atom. The van der Waals surface area contributed by atoms with Gasteiger partial charge in [0.1, 0.15) is 0 Å². The summed E-state index contributed by atoms with van der Waals surface area (Å²) in [6.07, 6.45) is 7.59. The average Bonchev–Trinajstić information content (AvgIpc) is 2.04. The van der Waals surface area contributed by atoms with E-state index in [9.17, 15) is 0 Å². The molecule has 0 rings (SSSR count). The molecule has 0 amide bonds. The fraction of sp³-hybridized carbons (Fsp3) is 0.667. The van der Waals surface area contributed by atoms with Crippen LogP contribution in [-0.4, -0.2) is 6.04 Å². The average molecular weight is 181 g/mol. The molecule has 0 saturated heterocycles.